The number of hydrogen-bond donors (Lipinski definition) is 2. The third-order valence-electron chi connectivity index (χ3n) is 3.69. The quantitative estimate of drug-likeness (QED) is 0.691. The third-order valence-corrected chi connectivity index (χ3v) is 3.69. The monoisotopic (exact) mass is 356 g/mol. The molecule has 0 fully saturated rings. The molecule has 0 aliphatic rings. The highest BCUT2D eigenvalue weighted by molar-refractivity contribution is 5.90. The second-order valence-electron chi connectivity index (χ2n) is 6.45. The highest BCUT2D eigenvalue weighted by atomic mass is 16.5. The normalized spacial score (nSPS) is 10.6. The van der Waals surface area contributed by atoms with Gasteiger partial charge in [-0.1, -0.05) is 44.2 Å². The molecule has 2 aromatic carbocycles. The average molecular weight is 356 g/mol. The Morgan fingerprint density at radius 3 is 2.50 bits per heavy atom. The molecule has 0 bridgehead atoms. The number of rotatable bonds is 9. The SMILES string of the molecule is CCOCc1ccccc1NC(=O)NCc1ccc(OCC(C)C)cc1. The summed E-state index contributed by atoms with van der Waals surface area (Å²) in [5, 5.41) is 5.75. The Hall–Kier alpha value is -2.53. The summed E-state index contributed by atoms with van der Waals surface area (Å²) in [5.41, 5.74) is 2.73. The minimum atomic E-state index is -0.242. The molecule has 0 aliphatic heterocycles. The molecule has 2 N–H and O–H groups in total. The van der Waals surface area contributed by atoms with Gasteiger partial charge in [0.15, 0.2) is 0 Å². The lowest BCUT2D eigenvalue weighted by molar-refractivity contribution is 0.134. The molecule has 0 spiro atoms. The molecule has 0 saturated carbocycles. The Kier molecular flexibility index (Phi) is 7.96. The van der Waals surface area contributed by atoms with E-state index in [1.54, 1.807) is 0 Å². The van der Waals surface area contributed by atoms with E-state index in [9.17, 15) is 4.79 Å². The zero-order valence-electron chi connectivity index (χ0n) is 15.7. The molecule has 0 heterocycles. The maximum Gasteiger partial charge on any atom is 0.319 e. The van der Waals surface area contributed by atoms with Crippen LogP contribution < -0.4 is 15.4 Å². The highest BCUT2D eigenvalue weighted by Gasteiger charge is 2.06. The summed E-state index contributed by atoms with van der Waals surface area (Å²) in [4.78, 5) is 12.2. The van der Waals surface area contributed by atoms with Crippen LogP contribution in [0, 0.1) is 5.92 Å². The Balaban J connectivity index is 1.83. The van der Waals surface area contributed by atoms with Gasteiger partial charge in [-0.25, -0.2) is 4.79 Å². The standard InChI is InChI=1S/C21H28N2O3/c1-4-25-15-18-7-5-6-8-20(18)23-21(24)22-13-17-9-11-19(12-10-17)26-14-16(2)3/h5-12,16H,4,13-15H2,1-3H3,(H2,22,23,24). The Morgan fingerprint density at radius 2 is 1.81 bits per heavy atom. The fourth-order valence-corrected chi connectivity index (χ4v) is 2.30. The van der Waals surface area contributed by atoms with Crippen LogP contribution in [0.2, 0.25) is 0 Å². The van der Waals surface area contributed by atoms with Crippen LogP contribution in [-0.2, 0) is 17.9 Å². The number of hydrogen-bond acceptors (Lipinski definition) is 3. The van der Waals surface area contributed by atoms with E-state index in [0.717, 1.165) is 22.6 Å². The molecule has 140 valence electrons. The van der Waals surface area contributed by atoms with Gasteiger partial charge in [0, 0.05) is 24.4 Å². The smallest absolute Gasteiger partial charge is 0.319 e. The number of carbonyl (C=O) groups excluding carboxylic acids is 1. The number of ether oxygens (including phenoxy) is 2. The highest BCUT2D eigenvalue weighted by Crippen LogP contribution is 2.16. The van der Waals surface area contributed by atoms with Gasteiger partial charge in [0.25, 0.3) is 0 Å². The van der Waals surface area contributed by atoms with E-state index in [4.69, 9.17) is 9.47 Å². The molecule has 0 aliphatic carbocycles. The summed E-state index contributed by atoms with van der Waals surface area (Å²) in [6.45, 7) is 8.43. The molecule has 0 unspecified atom stereocenters. The van der Waals surface area contributed by atoms with Gasteiger partial charge in [-0.05, 0) is 36.6 Å². The Morgan fingerprint density at radius 1 is 1.08 bits per heavy atom. The molecule has 2 aromatic rings. The fraction of sp³-hybridized carbons (Fsp3) is 0.381. The van der Waals surface area contributed by atoms with E-state index in [2.05, 4.69) is 24.5 Å². The van der Waals surface area contributed by atoms with Crippen molar-refractivity contribution >= 4 is 11.7 Å². The predicted octanol–water partition coefficient (Wildman–Crippen LogP) is 4.58. The first kappa shape index (κ1) is 19.8. The van der Waals surface area contributed by atoms with Gasteiger partial charge >= 0.3 is 6.03 Å². The van der Waals surface area contributed by atoms with E-state index < -0.39 is 0 Å². The molecule has 0 aromatic heterocycles. The lowest BCUT2D eigenvalue weighted by Crippen LogP contribution is -2.28. The van der Waals surface area contributed by atoms with Crippen molar-refractivity contribution < 1.29 is 14.3 Å². The molecule has 5 nitrogen and oxygen atoms in total. The first-order valence-corrected chi connectivity index (χ1v) is 9.00. The second kappa shape index (κ2) is 10.5. The van der Waals surface area contributed by atoms with Crippen LogP contribution >= 0.6 is 0 Å². The summed E-state index contributed by atoms with van der Waals surface area (Å²) in [6.07, 6.45) is 0. The third kappa shape index (κ3) is 6.76. The molecule has 0 radical (unpaired) electrons. The summed E-state index contributed by atoms with van der Waals surface area (Å²) in [7, 11) is 0. The molecule has 0 saturated heterocycles. The second-order valence-corrected chi connectivity index (χ2v) is 6.45. The number of anilines is 1. The topological polar surface area (TPSA) is 59.6 Å². The molecule has 2 rings (SSSR count). The van der Waals surface area contributed by atoms with Gasteiger partial charge in [0.1, 0.15) is 5.75 Å². The van der Waals surface area contributed by atoms with Crippen LogP contribution in [0.5, 0.6) is 5.75 Å². The van der Waals surface area contributed by atoms with Gasteiger partial charge < -0.3 is 20.1 Å². The first-order valence-electron chi connectivity index (χ1n) is 9.00. The van der Waals surface area contributed by atoms with Crippen LogP contribution in [0.25, 0.3) is 0 Å². The van der Waals surface area contributed by atoms with Gasteiger partial charge in [-0.3, -0.25) is 0 Å². The number of amides is 2. The van der Waals surface area contributed by atoms with Crippen LogP contribution in [0.1, 0.15) is 31.9 Å². The number of urea groups is 1. The van der Waals surface area contributed by atoms with E-state index in [1.165, 1.54) is 0 Å². The van der Waals surface area contributed by atoms with Crippen LogP contribution in [0.4, 0.5) is 10.5 Å². The summed E-state index contributed by atoms with van der Waals surface area (Å²) in [5.74, 6) is 1.34. The van der Waals surface area contributed by atoms with Crippen molar-refractivity contribution in [3.63, 3.8) is 0 Å². The van der Waals surface area contributed by atoms with Gasteiger partial charge in [-0.2, -0.15) is 0 Å². The van der Waals surface area contributed by atoms with Crippen molar-refractivity contribution in [3.8, 4) is 5.75 Å². The maximum atomic E-state index is 12.2. The van der Waals surface area contributed by atoms with Gasteiger partial charge in [-0.15, -0.1) is 0 Å². The lowest BCUT2D eigenvalue weighted by Gasteiger charge is -2.12. The van der Waals surface area contributed by atoms with Crippen molar-refractivity contribution in [2.24, 2.45) is 5.92 Å². The zero-order valence-corrected chi connectivity index (χ0v) is 15.7. The summed E-state index contributed by atoms with van der Waals surface area (Å²) in [6, 6.07) is 15.2. The molecule has 5 heteroatoms. The maximum absolute atomic E-state index is 12.2. The van der Waals surface area contributed by atoms with E-state index in [-0.39, 0.29) is 6.03 Å². The van der Waals surface area contributed by atoms with Crippen molar-refractivity contribution in [1.82, 2.24) is 5.32 Å². The van der Waals surface area contributed by atoms with Crippen LogP contribution in [0.15, 0.2) is 48.5 Å². The number of para-hydroxylation sites is 1. The number of carbonyl (C=O) groups is 1. The summed E-state index contributed by atoms with van der Waals surface area (Å²) < 4.78 is 11.1. The minimum Gasteiger partial charge on any atom is -0.493 e. The largest absolute Gasteiger partial charge is 0.493 e. The van der Waals surface area contributed by atoms with E-state index >= 15 is 0 Å². The Bertz CT molecular complexity index is 684. The molecular weight excluding hydrogens is 328 g/mol. The number of benzene rings is 2. The van der Waals surface area contributed by atoms with Crippen molar-refractivity contribution in [2.45, 2.75) is 33.9 Å². The molecule has 0 atom stereocenters. The molecule has 2 amide bonds. The van der Waals surface area contributed by atoms with Gasteiger partial charge in [0.05, 0.1) is 13.2 Å². The van der Waals surface area contributed by atoms with Crippen molar-refractivity contribution in [2.75, 3.05) is 18.5 Å². The van der Waals surface area contributed by atoms with Crippen LogP contribution in [0.3, 0.4) is 0 Å². The molecule has 26 heavy (non-hydrogen) atoms. The summed E-state index contributed by atoms with van der Waals surface area (Å²) >= 11 is 0. The zero-order chi connectivity index (χ0) is 18.8. The average Bonchev–Trinajstić information content (AvgIpc) is 2.65. The predicted molar refractivity (Wildman–Crippen MR) is 104 cm³/mol. The van der Waals surface area contributed by atoms with Crippen LogP contribution in [-0.4, -0.2) is 19.2 Å². The minimum absolute atomic E-state index is 0.242. The first-order chi connectivity index (χ1) is 12.6. The fourth-order valence-electron chi connectivity index (χ4n) is 2.30. The van der Waals surface area contributed by atoms with E-state index in [1.807, 2.05) is 55.5 Å². The van der Waals surface area contributed by atoms with E-state index in [0.29, 0.717) is 32.3 Å². The number of nitrogens with one attached hydrogen (secondary N) is 2. The van der Waals surface area contributed by atoms with Crippen molar-refractivity contribution in [1.29, 1.82) is 0 Å². The lowest BCUT2D eigenvalue weighted by atomic mass is 10.2. The molecular formula is C21H28N2O3. The van der Waals surface area contributed by atoms with Gasteiger partial charge in [0.2, 0.25) is 0 Å². The van der Waals surface area contributed by atoms with Crippen molar-refractivity contribution in [3.05, 3.63) is 59.7 Å². The Labute approximate surface area is 155 Å².